The van der Waals surface area contributed by atoms with E-state index in [9.17, 15) is 4.79 Å². The van der Waals surface area contributed by atoms with Crippen molar-refractivity contribution in [2.45, 2.75) is 17.7 Å². The zero-order valence-corrected chi connectivity index (χ0v) is 11.3. The lowest BCUT2D eigenvalue weighted by Gasteiger charge is -2.06. The maximum Gasteiger partial charge on any atom is 0.223 e. The maximum absolute atomic E-state index is 11.3. The first-order valence-corrected chi connectivity index (χ1v) is 7.51. The van der Waals surface area contributed by atoms with Gasteiger partial charge in [0.2, 0.25) is 5.91 Å². The average Bonchev–Trinajstić information content (AvgIpc) is 3.23. The highest BCUT2D eigenvalue weighted by atomic mass is 32.2. The minimum Gasteiger partial charge on any atom is -0.355 e. The molecule has 3 nitrogen and oxygen atoms in total. The summed E-state index contributed by atoms with van der Waals surface area (Å²) in [6.45, 7) is 2.57. The molecule has 4 heteroatoms. The largest absolute Gasteiger partial charge is 0.355 e. The van der Waals surface area contributed by atoms with Crippen LogP contribution < -0.4 is 10.6 Å². The number of rotatable bonds is 8. The number of hydrogen-bond donors (Lipinski definition) is 2. The third-order valence-corrected chi connectivity index (χ3v) is 3.85. The third-order valence-electron chi connectivity index (χ3n) is 2.84. The Morgan fingerprint density at radius 2 is 1.94 bits per heavy atom. The lowest BCUT2D eigenvalue weighted by molar-refractivity contribution is -0.122. The Kier molecular flexibility index (Phi) is 5.55. The van der Waals surface area contributed by atoms with E-state index in [0.29, 0.717) is 5.92 Å². The summed E-state index contributed by atoms with van der Waals surface area (Å²) >= 11 is 1.85. The van der Waals surface area contributed by atoms with Crippen LogP contribution in [0.3, 0.4) is 0 Å². The minimum atomic E-state index is 0.232. The predicted octanol–water partition coefficient (Wildman–Crippen LogP) is 1.89. The maximum atomic E-state index is 11.3. The normalized spacial score (nSPS) is 14.4. The molecule has 0 radical (unpaired) electrons. The summed E-state index contributed by atoms with van der Waals surface area (Å²) in [6, 6.07) is 10.4. The molecule has 0 spiro atoms. The highest BCUT2D eigenvalue weighted by molar-refractivity contribution is 7.99. The Balaban J connectivity index is 1.43. The molecule has 98 valence electrons. The summed E-state index contributed by atoms with van der Waals surface area (Å²) in [5.41, 5.74) is 0. The van der Waals surface area contributed by atoms with Crippen LogP contribution in [0.2, 0.25) is 0 Å². The number of hydrogen-bond acceptors (Lipinski definition) is 3. The number of thioether (sulfide) groups is 1. The van der Waals surface area contributed by atoms with Crippen molar-refractivity contribution in [3.8, 4) is 0 Å². The van der Waals surface area contributed by atoms with Gasteiger partial charge in [-0.3, -0.25) is 4.79 Å². The number of carbonyl (C=O) groups excluding carboxylic acids is 1. The van der Waals surface area contributed by atoms with Crippen molar-refractivity contribution < 1.29 is 4.79 Å². The fourth-order valence-electron chi connectivity index (χ4n) is 1.65. The highest BCUT2D eigenvalue weighted by Crippen LogP contribution is 2.28. The van der Waals surface area contributed by atoms with Crippen LogP contribution in [0.15, 0.2) is 35.2 Å². The second-order valence-electron chi connectivity index (χ2n) is 4.48. The first kappa shape index (κ1) is 13.4. The smallest absolute Gasteiger partial charge is 0.223 e. The van der Waals surface area contributed by atoms with Crippen LogP contribution in [0.4, 0.5) is 0 Å². The molecule has 0 aromatic heterocycles. The van der Waals surface area contributed by atoms with E-state index in [-0.39, 0.29) is 5.91 Å². The lowest BCUT2D eigenvalue weighted by atomic mass is 10.4. The van der Waals surface area contributed by atoms with E-state index in [1.54, 1.807) is 0 Å². The van der Waals surface area contributed by atoms with Gasteiger partial charge in [-0.1, -0.05) is 18.2 Å². The average molecular weight is 264 g/mol. The molecule has 1 saturated carbocycles. The quantitative estimate of drug-likeness (QED) is 0.556. The molecule has 1 fully saturated rings. The number of benzene rings is 1. The van der Waals surface area contributed by atoms with Gasteiger partial charge in [-0.15, -0.1) is 11.8 Å². The molecule has 1 aromatic rings. The van der Waals surface area contributed by atoms with E-state index in [1.807, 2.05) is 17.8 Å². The molecule has 1 aliphatic carbocycles. The molecule has 0 aliphatic heterocycles. The second kappa shape index (κ2) is 7.44. The highest BCUT2D eigenvalue weighted by Gasteiger charge is 2.28. The van der Waals surface area contributed by atoms with Gasteiger partial charge in [-0.05, 0) is 25.0 Å². The van der Waals surface area contributed by atoms with Crippen molar-refractivity contribution in [2.24, 2.45) is 5.92 Å². The summed E-state index contributed by atoms with van der Waals surface area (Å²) in [6.07, 6.45) is 2.15. The van der Waals surface area contributed by atoms with Gasteiger partial charge in [0.15, 0.2) is 0 Å². The molecule has 0 bridgehead atoms. The summed E-state index contributed by atoms with van der Waals surface area (Å²) in [5.74, 6) is 1.61. The molecule has 2 N–H and O–H groups in total. The number of carbonyl (C=O) groups is 1. The second-order valence-corrected chi connectivity index (χ2v) is 5.65. The predicted molar refractivity (Wildman–Crippen MR) is 75.8 cm³/mol. The van der Waals surface area contributed by atoms with Gasteiger partial charge in [0.05, 0.1) is 0 Å². The van der Waals surface area contributed by atoms with Crippen molar-refractivity contribution >= 4 is 17.7 Å². The Hall–Kier alpha value is -1.00. The standard InChI is InChI=1S/C14H20N2OS/c17-14(12-6-7-12)16-9-8-15-10-11-18-13-4-2-1-3-5-13/h1-5,12,15H,6-11H2,(H,16,17). The van der Waals surface area contributed by atoms with Crippen molar-refractivity contribution in [3.63, 3.8) is 0 Å². The first-order valence-electron chi connectivity index (χ1n) is 6.52. The molecular weight excluding hydrogens is 244 g/mol. The SMILES string of the molecule is O=C(NCCNCCSc1ccccc1)C1CC1. The molecule has 1 aliphatic rings. The molecule has 18 heavy (non-hydrogen) atoms. The Labute approximate surface area is 113 Å². The molecule has 0 unspecified atom stereocenters. The van der Waals surface area contributed by atoms with E-state index in [0.717, 1.165) is 38.2 Å². The third kappa shape index (κ3) is 5.10. The summed E-state index contributed by atoms with van der Waals surface area (Å²) in [7, 11) is 0. The van der Waals surface area contributed by atoms with Gasteiger partial charge in [0, 0.05) is 36.2 Å². The van der Waals surface area contributed by atoms with Gasteiger partial charge < -0.3 is 10.6 Å². The summed E-state index contributed by atoms with van der Waals surface area (Å²) in [4.78, 5) is 12.6. The van der Waals surface area contributed by atoms with Crippen molar-refractivity contribution in [2.75, 3.05) is 25.4 Å². The van der Waals surface area contributed by atoms with E-state index in [2.05, 4.69) is 34.9 Å². The molecule has 0 atom stereocenters. The molecule has 1 amide bonds. The van der Waals surface area contributed by atoms with Gasteiger partial charge in [-0.2, -0.15) is 0 Å². The number of nitrogens with one attached hydrogen (secondary N) is 2. The monoisotopic (exact) mass is 264 g/mol. The fourth-order valence-corrected chi connectivity index (χ4v) is 2.48. The molecule has 0 heterocycles. The minimum absolute atomic E-state index is 0.232. The van der Waals surface area contributed by atoms with Crippen LogP contribution >= 0.6 is 11.8 Å². The Bertz CT molecular complexity index is 365. The van der Waals surface area contributed by atoms with Crippen LogP contribution in [0.5, 0.6) is 0 Å². The first-order chi connectivity index (χ1) is 8.86. The van der Waals surface area contributed by atoms with Gasteiger partial charge in [0.1, 0.15) is 0 Å². The zero-order valence-electron chi connectivity index (χ0n) is 10.5. The summed E-state index contributed by atoms with van der Waals surface area (Å²) in [5, 5.41) is 6.28. The summed E-state index contributed by atoms with van der Waals surface area (Å²) < 4.78 is 0. The van der Waals surface area contributed by atoms with E-state index < -0.39 is 0 Å². The van der Waals surface area contributed by atoms with Crippen molar-refractivity contribution in [1.29, 1.82) is 0 Å². The molecule has 1 aromatic carbocycles. The van der Waals surface area contributed by atoms with Crippen LogP contribution in [0.25, 0.3) is 0 Å². The van der Waals surface area contributed by atoms with Gasteiger partial charge >= 0.3 is 0 Å². The lowest BCUT2D eigenvalue weighted by Crippen LogP contribution is -2.33. The van der Waals surface area contributed by atoms with Gasteiger partial charge in [0.25, 0.3) is 0 Å². The van der Waals surface area contributed by atoms with E-state index in [1.165, 1.54) is 4.90 Å². The molecule has 2 rings (SSSR count). The molecular formula is C14H20N2OS. The fraction of sp³-hybridized carbons (Fsp3) is 0.500. The van der Waals surface area contributed by atoms with Crippen LogP contribution in [-0.4, -0.2) is 31.3 Å². The van der Waals surface area contributed by atoms with E-state index >= 15 is 0 Å². The van der Waals surface area contributed by atoms with Crippen LogP contribution in [0, 0.1) is 5.92 Å². The topological polar surface area (TPSA) is 41.1 Å². The Morgan fingerprint density at radius 3 is 2.67 bits per heavy atom. The van der Waals surface area contributed by atoms with Crippen LogP contribution in [0.1, 0.15) is 12.8 Å². The zero-order chi connectivity index (χ0) is 12.6. The van der Waals surface area contributed by atoms with Crippen LogP contribution in [-0.2, 0) is 4.79 Å². The van der Waals surface area contributed by atoms with Crippen molar-refractivity contribution in [1.82, 2.24) is 10.6 Å². The Morgan fingerprint density at radius 1 is 1.17 bits per heavy atom. The van der Waals surface area contributed by atoms with E-state index in [4.69, 9.17) is 0 Å². The van der Waals surface area contributed by atoms with Gasteiger partial charge in [-0.25, -0.2) is 0 Å². The molecule has 0 saturated heterocycles. The van der Waals surface area contributed by atoms with Crippen molar-refractivity contribution in [3.05, 3.63) is 30.3 Å². The number of amides is 1.